The summed E-state index contributed by atoms with van der Waals surface area (Å²) in [6, 6.07) is 11.6. The topological polar surface area (TPSA) is 58.2 Å². The number of hydrogen-bond acceptors (Lipinski definition) is 3. The van der Waals surface area contributed by atoms with Crippen molar-refractivity contribution >= 4 is 28.8 Å². The number of benzene rings is 1. The molecule has 0 aliphatic carbocycles. The molecule has 0 radical (unpaired) electrons. The molecule has 1 aliphatic rings. The average molecular weight is 314 g/mol. The van der Waals surface area contributed by atoms with Crippen molar-refractivity contribution in [2.24, 2.45) is 0 Å². The van der Waals surface area contributed by atoms with Crippen LogP contribution in [-0.4, -0.2) is 11.8 Å². The van der Waals surface area contributed by atoms with Crippen molar-refractivity contribution in [3.63, 3.8) is 0 Å². The molecule has 2 heterocycles. The van der Waals surface area contributed by atoms with Gasteiger partial charge in [0.1, 0.15) is 0 Å². The Hall–Kier alpha value is -2.14. The summed E-state index contributed by atoms with van der Waals surface area (Å²) >= 11 is 1.71. The molecule has 22 heavy (non-hydrogen) atoms. The Morgan fingerprint density at radius 2 is 2.05 bits per heavy atom. The van der Waals surface area contributed by atoms with Gasteiger partial charge in [-0.25, -0.2) is 0 Å². The van der Waals surface area contributed by atoms with E-state index >= 15 is 0 Å². The number of fused-ring (bicyclic) bond motifs is 1. The van der Waals surface area contributed by atoms with Crippen molar-refractivity contribution in [1.82, 2.24) is 5.32 Å². The van der Waals surface area contributed by atoms with Crippen LogP contribution < -0.4 is 10.6 Å². The SMILES string of the molecule is CCc1ccc(CNC(=O)[C@@H]2CC(=O)Nc3ccccc32)s1. The van der Waals surface area contributed by atoms with E-state index in [4.69, 9.17) is 0 Å². The van der Waals surface area contributed by atoms with Gasteiger partial charge in [0.25, 0.3) is 0 Å². The zero-order valence-electron chi connectivity index (χ0n) is 12.4. The Balaban J connectivity index is 1.71. The van der Waals surface area contributed by atoms with Crippen molar-refractivity contribution in [2.75, 3.05) is 5.32 Å². The van der Waals surface area contributed by atoms with Crippen molar-refractivity contribution in [3.05, 3.63) is 51.7 Å². The van der Waals surface area contributed by atoms with Crippen molar-refractivity contribution in [3.8, 4) is 0 Å². The molecular formula is C17H18N2O2S. The Kier molecular flexibility index (Phi) is 4.24. The largest absolute Gasteiger partial charge is 0.351 e. The summed E-state index contributed by atoms with van der Waals surface area (Å²) in [7, 11) is 0. The molecule has 114 valence electrons. The van der Waals surface area contributed by atoms with E-state index in [1.54, 1.807) is 11.3 Å². The second kappa shape index (κ2) is 6.32. The van der Waals surface area contributed by atoms with E-state index in [0.29, 0.717) is 6.54 Å². The minimum atomic E-state index is -0.407. The van der Waals surface area contributed by atoms with Crippen molar-refractivity contribution < 1.29 is 9.59 Å². The fourth-order valence-electron chi connectivity index (χ4n) is 2.65. The average Bonchev–Trinajstić information content (AvgIpc) is 2.99. The van der Waals surface area contributed by atoms with Crippen LogP contribution in [0.2, 0.25) is 0 Å². The van der Waals surface area contributed by atoms with Crippen LogP contribution in [0.1, 0.15) is 34.6 Å². The molecule has 2 amide bonds. The number of para-hydroxylation sites is 1. The first kappa shape index (κ1) is 14.8. The van der Waals surface area contributed by atoms with Crippen molar-refractivity contribution in [2.45, 2.75) is 32.2 Å². The molecule has 3 rings (SSSR count). The zero-order chi connectivity index (χ0) is 15.5. The van der Waals surface area contributed by atoms with Gasteiger partial charge >= 0.3 is 0 Å². The summed E-state index contributed by atoms with van der Waals surface area (Å²) in [5.74, 6) is -0.604. The molecule has 0 saturated heterocycles. The third kappa shape index (κ3) is 3.04. The second-order valence-corrected chi connectivity index (χ2v) is 6.58. The van der Waals surface area contributed by atoms with Crippen LogP contribution in [-0.2, 0) is 22.6 Å². The minimum absolute atomic E-state index is 0.0891. The van der Waals surface area contributed by atoms with Gasteiger partial charge in [-0.3, -0.25) is 9.59 Å². The quantitative estimate of drug-likeness (QED) is 0.911. The Morgan fingerprint density at radius 3 is 2.82 bits per heavy atom. The van der Waals surface area contributed by atoms with Crippen LogP contribution in [0.4, 0.5) is 5.69 Å². The molecule has 1 aliphatic heterocycles. The maximum atomic E-state index is 12.5. The monoisotopic (exact) mass is 314 g/mol. The lowest BCUT2D eigenvalue weighted by molar-refractivity contribution is -0.126. The van der Waals surface area contributed by atoms with E-state index in [-0.39, 0.29) is 18.2 Å². The molecule has 0 saturated carbocycles. The number of amides is 2. The van der Waals surface area contributed by atoms with E-state index < -0.39 is 5.92 Å². The number of aryl methyl sites for hydroxylation is 1. The van der Waals surface area contributed by atoms with Gasteiger partial charge in [-0.05, 0) is 30.2 Å². The number of anilines is 1. The first-order chi connectivity index (χ1) is 10.7. The maximum absolute atomic E-state index is 12.5. The Bertz CT molecular complexity index is 708. The predicted molar refractivity (Wildman–Crippen MR) is 88.0 cm³/mol. The Labute approximate surface area is 133 Å². The van der Waals surface area contributed by atoms with Gasteiger partial charge in [0.15, 0.2) is 0 Å². The highest BCUT2D eigenvalue weighted by molar-refractivity contribution is 7.11. The van der Waals surface area contributed by atoms with E-state index in [0.717, 1.165) is 22.5 Å². The Morgan fingerprint density at radius 1 is 1.27 bits per heavy atom. The molecule has 1 atom stereocenters. The maximum Gasteiger partial charge on any atom is 0.228 e. The summed E-state index contributed by atoms with van der Waals surface area (Å²) in [5, 5.41) is 5.77. The van der Waals surface area contributed by atoms with Gasteiger partial charge in [-0.15, -0.1) is 11.3 Å². The molecule has 1 aromatic carbocycles. The van der Waals surface area contributed by atoms with Crippen LogP contribution in [0.5, 0.6) is 0 Å². The first-order valence-electron chi connectivity index (χ1n) is 7.41. The van der Waals surface area contributed by atoms with Gasteiger partial charge in [0, 0.05) is 21.9 Å². The van der Waals surface area contributed by atoms with Crippen LogP contribution in [0, 0.1) is 0 Å². The fraction of sp³-hybridized carbons (Fsp3) is 0.294. The lowest BCUT2D eigenvalue weighted by Gasteiger charge is -2.24. The van der Waals surface area contributed by atoms with E-state index in [9.17, 15) is 9.59 Å². The third-order valence-electron chi connectivity index (χ3n) is 3.82. The zero-order valence-corrected chi connectivity index (χ0v) is 13.2. The lowest BCUT2D eigenvalue weighted by Crippen LogP contribution is -2.34. The number of carbonyl (C=O) groups is 2. The normalized spacial score (nSPS) is 16.8. The number of carbonyl (C=O) groups excluding carboxylic acids is 2. The molecule has 0 bridgehead atoms. The summed E-state index contributed by atoms with van der Waals surface area (Å²) < 4.78 is 0. The smallest absolute Gasteiger partial charge is 0.228 e. The first-order valence-corrected chi connectivity index (χ1v) is 8.23. The summed E-state index contributed by atoms with van der Waals surface area (Å²) in [6.45, 7) is 2.63. The van der Waals surface area contributed by atoms with Gasteiger partial charge < -0.3 is 10.6 Å². The van der Waals surface area contributed by atoms with Gasteiger partial charge in [-0.2, -0.15) is 0 Å². The molecule has 0 spiro atoms. The number of nitrogens with one attached hydrogen (secondary N) is 2. The predicted octanol–water partition coefficient (Wildman–Crippen LogP) is 3.05. The van der Waals surface area contributed by atoms with Gasteiger partial charge in [0.05, 0.1) is 12.5 Å². The molecule has 2 aromatic rings. The standard InChI is InChI=1S/C17H18N2O2S/c1-2-11-7-8-12(22-11)10-18-17(21)14-9-16(20)19-15-6-4-3-5-13(14)15/h3-8,14H,2,9-10H2,1H3,(H,18,21)(H,19,20)/t14-/m1/s1. The van der Waals surface area contributed by atoms with E-state index in [1.807, 2.05) is 30.3 Å². The lowest BCUT2D eigenvalue weighted by atomic mass is 9.90. The molecule has 2 N–H and O–H groups in total. The molecule has 5 heteroatoms. The second-order valence-electron chi connectivity index (χ2n) is 5.33. The number of thiophene rings is 1. The van der Waals surface area contributed by atoms with Crippen molar-refractivity contribution in [1.29, 1.82) is 0 Å². The van der Waals surface area contributed by atoms with Gasteiger partial charge in [0.2, 0.25) is 11.8 Å². The third-order valence-corrected chi connectivity index (χ3v) is 5.05. The highest BCUT2D eigenvalue weighted by Gasteiger charge is 2.30. The summed E-state index contributed by atoms with van der Waals surface area (Å²) in [5.41, 5.74) is 1.63. The summed E-state index contributed by atoms with van der Waals surface area (Å²) in [4.78, 5) is 26.7. The van der Waals surface area contributed by atoms with Crippen LogP contribution >= 0.6 is 11.3 Å². The minimum Gasteiger partial charge on any atom is -0.351 e. The number of hydrogen-bond donors (Lipinski definition) is 2. The van der Waals surface area contributed by atoms with Crippen LogP contribution in [0.25, 0.3) is 0 Å². The number of rotatable bonds is 4. The fourth-order valence-corrected chi connectivity index (χ4v) is 3.55. The van der Waals surface area contributed by atoms with E-state index in [2.05, 4.69) is 23.6 Å². The molecule has 0 fully saturated rings. The highest BCUT2D eigenvalue weighted by Crippen LogP contribution is 2.32. The van der Waals surface area contributed by atoms with Gasteiger partial charge in [-0.1, -0.05) is 25.1 Å². The summed E-state index contributed by atoms with van der Waals surface area (Å²) in [6.07, 6.45) is 1.21. The molecule has 1 aromatic heterocycles. The van der Waals surface area contributed by atoms with Crippen LogP contribution in [0.15, 0.2) is 36.4 Å². The molecule has 4 nitrogen and oxygen atoms in total. The molecule has 0 unspecified atom stereocenters. The van der Waals surface area contributed by atoms with Crippen LogP contribution in [0.3, 0.4) is 0 Å². The molecular weight excluding hydrogens is 296 g/mol. The van der Waals surface area contributed by atoms with E-state index in [1.165, 1.54) is 4.88 Å². The highest BCUT2D eigenvalue weighted by atomic mass is 32.1.